The molecule has 2 aromatic rings. The van der Waals surface area contributed by atoms with Crippen molar-refractivity contribution in [2.24, 2.45) is 0 Å². The molecule has 104 valence electrons. The van der Waals surface area contributed by atoms with Crippen molar-refractivity contribution in [3.05, 3.63) is 41.8 Å². The van der Waals surface area contributed by atoms with Crippen LogP contribution in [0.3, 0.4) is 0 Å². The third-order valence-corrected chi connectivity index (χ3v) is 3.43. The van der Waals surface area contributed by atoms with Gasteiger partial charge in [0.1, 0.15) is 12.4 Å². The Morgan fingerprint density at radius 2 is 2.30 bits per heavy atom. The molecule has 0 radical (unpaired) electrons. The summed E-state index contributed by atoms with van der Waals surface area (Å²) < 4.78 is 14.9. The highest BCUT2D eigenvalue weighted by atomic mass is 19.1. The molecule has 0 saturated heterocycles. The summed E-state index contributed by atoms with van der Waals surface area (Å²) in [7, 11) is 1.59. The van der Waals surface area contributed by atoms with Gasteiger partial charge in [-0.2, -0.15) is 5.10 Å². The van der Waals surface area contributed by atoms with Gasteiger partial charge in [0.2, 0.25) is 5.91 Å². The van der Waals surface area contributed by atoms with Crippen LogP contribution < -0.4 is 10.2 Å². The van der Waals surface area contributed by atoms with Crippen LogP contribution in [0.1, 0.15) is 5.56 Å². The van der Waals surface area contributed by atoms with Gasteiger partial charge in [0.05, 0.1) is 0 Å². The molecule has 1 aromatic heterocycles. The summed E-state index contributed by atoms with van der Waals surface area (Å²) in [4.78, 5) is 13.3. The Labute approximate surface area is 116 Å². The topological polar surface area (TPSA) is 50.2 Å². The molecule has 0 bridgehead atoms. The highest BCUT2D eigenvalue weighted by Crippen LogP contribution is 2.33. The summed E-state index contributed by atoms with van der Waals surface area (Å²) in [6, 6.07) is 6.65. The first-order valence-corrected chi connectivity index (χ1v) is 6.47. The van der Waals surface area contributed by atoms with Gasteiger partial charge < -0.3 is 10.2 Å². The number of rotatable bonds is 3. The van der Waals surface area contributed by atoms with E-state index in [-0.39, 0.29) is 18.3 Å². The molecule has 1 aliphatic heterocycles. The zero-order valence-corrected chi connectivity index (χ0v) is 11.1. The van der Waals surface area contributed by atoms with Crippen LogP contribution in [-0.4, -0.2) is 29.3 Å². The molecular weight excluding hydrogens is 259 g/mol. The van der Waals surface area contributed by atoms with E-state index in [1.165, 1.54) is 12.1 Å². The molecule has 1 amide bonds. The van der Waals surface area contributed by atoms with Gasteiger partial charge in [-0.05, 0) is 24.1 Å². The molecule has 1 aliphatic rings. The van der Waals surface area contributed by atoms with E-state index in [1.54, 1.807) is 17.9 Å². The summed E-state index contributed by atoms with van der Waals surface area (Å²) in [5, 5.41) is 6.92. The van der Waals surface area contributed by atoms with Crippen LogP contribution >= 0.6 is 0 Å². The molecule has 0 fully saturated rings. The third-order valence-electron chi connectivity index (χ3n) is 3.43. The number of hydrogen-bond acceptors (Lipinski definition) is 3. The lowest BCUT2D eigenvalue weighted by Crippen LogP contribution is -2.24. The number of hydrogen-bond donors (Lipinski definition) is 1. The standard InChI is InChI=1S/C14H15FN4O/c1-16-14(20)9-18-6-5-13(17-18)19-7-4-10-2-3-11(15)8-12(10)19/h2-3,5-6,8H,4,7,9H2,1H3,(H,16,20). The SMILES string of the molecule is CNC(=O)Cn1ccc(N2CCc3ccc(F)cc32)n1. The molecule has 0 spiro atoms. The van der Waals surface area contributed by atoms with E-state index < -0.39 is 0 Å². The van der Waals surface area contributed by atoms with Crippen LogP contribution in [0.4, 0.5) is 15.9 Å². The predicted molar refractivity (Wildman–Crippen MR) is 73.4 cm³/mol. The summed E-state index contributed by atoms with van der Waals surface area (Å²) in [5.41, 5.74) is 1.97. The fourth-order valence-electron chi connectivity index (χ4n) is 2.40. The molecule has 6 heteroatoms. The Kier molecular flexibility index (Phi) is 3.14. The van der Waals surface area contributed by atoms with Crippen molar-refractivity contribution in [3.8, 4) is 0 Å². The van der Waals surface area contributed by atoms with E-state index in [0.29, 0.717) is 0 Å². The number of halogens is 1. The third kappa shape index (κ3) is 2.24. The number of carbonyl (C=O) groups excluding carboxylic acids is 1. The van der Waals surface area contributed by atoms with E-state index in [9.17, 15) is 9.18 Å². The Hall–Kier alpha value is -2.37. The molecule has 20 heavy (non-hydrogen) atoms. The van der Waals surface area contributed by atoms with Crippen molar-refractivity contribution in [2.75, 3.05) is 18.5 Å². The second kappa shape index (κ2) is 4.96. The first-order chi connectivity index (χ1) is 9.67. The van der Waals surface area contributed by atoms with Crippen LogP contribution in [0.15, 0.2) is 30.5 Å². The first kappa shape index (κ1) is 12.7. The Balaban J connectivity index is 1.85. The molecule has 0 atom stereocenters. The summed E-state index contributed by atoms with van der Waals surface area (Å²) in [6.07, 6.45) is 2.62. The maximum absolute atomic E-state index is 13.4. The van der Waals surface area contributed by atoms with Crippen LogP contribution in [-0.2, 0) is 17.8 Å². The van der Waals surface area contributed by atoms with Crippen LogP contribution in [0, 0.1) is 5.82 Å². The first-order valence-electron chi connectivity index (χ1n) is 6.47. The number of anilines is 2. The molecule has 0 aliphatic carbocycles. The monoisotopic (exact) mass is 274 g/mol. The average molecular weight is 274 g/mol. The van der Waals surface area contributed by atoms with Crippen molar-refractivity contribution in [1.82, 2.24) is 15.1 Å². The van der Waals surface area contributed by atoms with Crippen molar-refractivity contribution in [2.45, 2.75) is 13.0 Å². The van der Waals surface area contributed by atoms with E-state index in [4.69, 9.17) is 0 Å². The zero-order chi connectivity index (χ0) is 14.1. The second-order valence-corrected chi connectivity index (χ2v) is 4.72. The molecule has 3 rings (SSSR count). The van der Waals surface area contributed by atoms with E-state index in [0.717, 1.165) is 30.0 Å². The predicted octanol–water partition coefficient (Wildman–Crippen LogP) is 1.46. The minimum Gasteiger partial charge on any atom is -0.358 e. The normalized spacial score (nSPS) is 13.4. The number of fused-ring (bicyclic) bond motifs is 1. The Bertz CT molecular complexity index is 652. The number of likely N-dealkylation sites (N-methyl/N-ethyl adjacent to an activating group) is 1. The van der Waals surface area contributed by atoms with E-state index >= 15 is 0 Å². The summed E-state index contributed by atoms with van der Waals surface area (Å²) >= 11 is 0. The summed E-state index contributed by atoms with van der Waals surface area (Å²) in [6.45, 7) is 0.954. The Morgan fingerprint density at radius 3 is 3.10 bits per heavy atom. The van der Waals surface area contributed by atoms with Crippen molar-refractivity contribution in [3.63, 3.8) is 0 Å². The smallest absolute Gasteiger partial charge is 0.241 e. The highest BCUT2D eigenvalue weighted by Gasteiger charge is 2.22. The zero-order valence-electron chi connectivity index (χ0n) is 11.1. The van der Waals surface area contributed by atoms with Crippen LogP contribution in [0.5, 0.6) is 0 Å². The molecular formula is C14H15FN4O. The molecule has 0 saturated carbocycles. The summed E-state index contributed by atoms with van der Waals surface area (Å²) in [5.74, 6) is 0.381. The van der Waals surface area contributed by atoms with Crippen molar-refractivity contribution in [1.29, 1.82) is 0 Å². The average Bonchev–Trinajstić information content (AvgIpc) is 3.04. The van der Waals surface area contributed by atoms with Gasteiger partial charge in [0.15, 0.2) is 5.82 Å². The lowest BCUT2D eigenvalue weighted by Gasteiger charge is -2.16. The van der Waals surface area contributed by atoms with Gasteiger partial charge in [-0.3, -0.25) is 9.48 Å². The van der Waals surface area contributed by atoms with Gasteiger partial charge >= 0.3 is 0 Å². The van der Waals surface area contributed by atoms with Crippen LogP contribution in [0.2, 0.25) is 0 Å². The van der Waals surface area contributed by atoms with Gasteiger partial charge in [0, 0.05) is 31.5 Å². The quantitative estimate of drug-likeness (QED) is 0.922. The van der Waals surface area contributed by atoms with E-state index in [1.807, 2.05) is 17.0 Å². The number of benzene rings is 1. The lowest BCUT2D eigenvalue weighted by atomic mass is 10.2. The highest BCUT2D eigenvalue weighted by molar-refractivity contribution is 5.75. The largest absolute Gasteiger partial charge is 0.358 e. The number of amides is 1. The number of nitrogens with one attached hydrogen (secondary N) is 1. The van der Waals surface area contributed by atoms with E-state index in [2.05, 4.69) is 10.4 Å². The second-order valence-electron chi connectivity index (χ2n) is 4.72. The van der Waals surface area contributed by atoms with Gasteiger partial charge in [-0.1, -0.05) is 6.07 Å². The maximum atomic E-state index is 13.4. The molecule has 1 N–H and O–H groups in total. The number of aromatic nitrogens is 2. The Morgan fingerprint density at radius 1 is 1.45 bits per heavy atom. The number of nitrogens with zero attached hydrogens (tertiary/aromatic N) is 3. The molecule has 0 unspecified atom stereocenters. The minimum atomic E-state index is -0.250. The molecule has 5 nitrogen and oxygen atoms in total. The maximum Gasteiger partial charge on any atom is 0.241 e. The van der Waals surface area contributed by atoms with Gasteiger partial charge in [-0.25, -0.2) is 4.39 Å². The molecule has 2 heterocycles. The van der Waals surface area contributed by atoms with Crippen molar-refractivity contribution < 1.29 is 9.18 Å². The fraction of sp³-hybridized carbons (Fsp3) is 0.286. The van der Waals surface area contributed by atoms with Gasteiger partial charge in [-0.15, -0.1) is 0 Å². The van der Waals surface area contributed by atoms with Gasteiger partial charge in [0.25, 0.3) is 0 Å². The molecule has 1 aromatic carbocycles. The lowest BCUT2D eigenvalue weighted by molar-refractivity contribution is -0.121. The minimum absolute atomic E-state index is 0.104. The van der Waals surface area contributed by atoms with Crippen LogP contribution in [0.25, 0.3) is 0 Å². The number of carbonyl (C=O) groups is 1. The van der Waals surface area contributed by atoms with Crippen molar-refractivity contribution >= 4 is 17.4 Å². The fourth-order valence-corrected chi connectivity index (χ4v) is 2.40.